The molecule has 0 heterocycles. The van der Waals surface area contributed by atoms with E-state index in [1.165, 1.54) is 17.5 Å². The second-order valence-electron chi connectivity index (χ2n) is 9.87. The van der Waals surface area contributed by atoms with Gasteiger partial charge in [-0.2, -0.15) is 0 Å². The Kier molecular flexibility index (Phi) is 11.6. The van der Waals surface area contributed by atoms with Gasteiger partial charge in [-0.05, 0) is 49.6 Å². The second kappa shape index (κ2) is 14.9. The van der Waals surface area contributed by atoms with Gasteiger partial charge in [0.1, 0.15) is 11.8 Å². The zero-order valence-corrected chi connectivity index (χ0v) is 25.5. The summed E-state index contributed by atoms with van der Waals surface area (Å²) < 4.78 is 31.7. The molecule has 3 aromatic carbocycles. The smallest absolute Gasteiger partial charge is 0.243 e. The fourth-order valence-corrected chi connectivity index (χ4v) is 5.88. The molecule has 8 nitrogen and oxygen atoms in total. The molecule has 2 amide bonds. The molecule has 220 valence electrons. The Morgan fingerprint density at radius 2 is 1.71 bits per heavy atom. The van der Waals surface area contributed by atoms with E-state index < -0.39 is 16.1 Å². The molecule has 0 aliphatic carbocycles. The number of amides is 2. The van der Waals surface area contributed by atoms with Crippen LogP contribution < -0.4 is 14.4 Å². The number of halogens is 1. The molecule has 0 saturated carbocycles. The van der Waals surface area contributed by atoms with Crippen LogP contribution in [0.3, 0.4) is 0 Å². The summed E-state index contributed by atoms with van der Waals surface area (Å²) in [5, 5.41) is 3.17. The van der Waals surface area contributed by atoms with E-state index >= 15 is 0 Å². The van der Waals surface area contributed by atoms with Crippen molar-refractivity contribution in [1.82, 2.24) is 10.2 Å². The topological polar surface area (TPSA) is 96.0 Å². The average molecular weight is 600 g/mol. The third kappa shape index (κ3) is 9.23. The van der Waals surface area contributed by atoms with Crippen molar-refractivity contribution in [3.8, 4) is 5.75 Å². The van der Waals surface area contributed by atoms with Gasteiger partial charge in [0, 0.05) is 32.5 Å². The van der Waals surface area contributed by atoms with Gasteiger partial charge in [0.2, 0.25) is 21.8 Å². The van der Waals surface area contributed by atoms with Gasteiger partial charge >= 0.3 is 0 Å². The lowest BCUT2D eigenvalue weighted by Crippen LogP contribution is -2.50. The molecule has 0 saturated heterocycles. The molecule has 0 fully saturated rings. The maximum Gasteiger partial charge on any atom is 0.243 e. The number of likely N-dealkylation sites (N-methyl/N-ethyl adjacent to an activating group) is 1. The Hall–Kier alpha value is -3.56. The maximum atomic E-state index is 13.8. The van der Waals surface area contributed by atoms with Gasteiger partial charge in [0.15, 0.2) is 0 Å². The number of rotatable bonds is 14. The molecular formula is C31H38ClN3O5S. The summed E-state index contributed by atoms with van der Waals surface area (Å²) in [6.07, 6.45) is 1.76. The second-order valence-corrected chi connectivity index (χ2v) is 12.2. The highest BCUT2D eigenvalue weighted by Crippen LogP contribution is 2.30. The molecule has 0 bridgehead atoms. The van der Waals surface area contributed by atoms with Crippen molar-refractivity contribution >= 4 is 39.1 Å². The van der Waals surface area contributed by atoms with E-state index in [9.17, 15) is 18.0 Å². The molecule has 0 aromatic heterocycles. The van der Waals surface area contributed by atoms with Gasteiger partial charge < -0.3 is 15.0 Å². The minimum Gasteiger partial charge on any atom is -0.495 e. The number of methoxy groups -OCH3 is 1. The van der Waals surface area contributed by atoms with E-state index in [4.69, 9.17) is 16.3 Å². The van der Waals surface area contributed by atoms with Gasteiger partial charge in [-0.3, -0.25) is 13.9 Å². The predicted octanol–water partition coefficient (Wildman–Crippen LogP) is 4.98. The van der Waals surface area contributed by atoms with Crippen LogP contribution in [0.25, 0.3) is 0 Å². The minimum atomic E-state index is -3.66. The van der Waals surface area contributed by atoms with E-state index in [0.29, 0.717) is 24.4 Å². The number of carbonyl (C=O) groups is 2. The van der Waals surface area contributed by atoms with E-state index in [2.05, 4.69) is 5.32 Å². The highest BCUT2D eigenvalue weighted by atomic mass is 35.5. The maximum absolute atomic E-state index is 13.8. The number of hydrogen-bond acceptors (Lipinski definition) is 5. The summed E-state index contributed by atoms with van der Waals surface area (Å²) >= 11 is 6.25. The molecule has 1 unspecified atom stereocenters. The van der Waals surface area contributed by atoms with E-state index in [0.717, 1.165) is 22.9 Å². The predicted molar refractivity (Wildman–Crippen MR) is 164 cm³/mol. The van der Waals surface area contributed by atoms with Crippen LogP contribution in [-0.2, 0) is 32.6 Å². The molecule has 3 rings (SSSR count). The average Bonchev–Trinajstić information content (AvgIpc) is 2.93. The molecule has 0 aliphatic rings. The summed E-state index contributed by atoms with van der Waals surface area (Å²) in [4.78, 5) is 28.7. The van der Waals surface area contributed by atoms with Crippen LogP contribution in [0.15, 0.2) is 72.8 Å². The van der Waals surface area contributed by atoms with E-state index in [-0.39, 0.29) is 42.8 Å². The van der Waals surface area contributed by atoms with Crippen LogP contribution in [0.4, 0.5) is 5.69 Å². The third-order valence-corrected chi connectivity index (χ3v) is 8.12. The first-order valence-corrected chi connectivity index (χ1v) is 15.7. The lowest BCUT2D eigenvalue weighted by Gasteiger charge is -2.32. The molecule has 41 heavy (non-hydrogen) atoms. The number of aryl methyl sites for hydroxylation is 1. The number of nitrogens with zero attached hydrogens (tertiary/aromatic N) is 2. The Labute approximate surface area is 248 Å². The lowest BCUT2D eigenvalue weighted by molar-refractivity contribution is -0.141. The molecule has 0 spiro atoms. The van der Waals surface area contributed by atoms with Gasteiger partial charge in [-0.1, -0.05) is 71.8 Å². The van der Waals surface area contributed by atoms with Crippen LogP contribution in [0.2, 0.25) is 5.02 Å². The van der Waals surface area contributed by atoms with Crippen molar-refractivity contribution in [3.05, 3.63) is 94.5 Å². The number of nitrogens with one attached hydrogen (secondary N) is 1. The van der Waals surface area contributed by atoms with E-state index in [1.54, 1.807) is 17.0 Å². The van der Waals surface area contributed by atoms with E-state index in [1.807, 2.05) is 68.4 Å². The molecule has 1 atom stereocenters. The Balaban J connectivity index is 1.87. The fraction of sp³-hybridized carbons (Fsp3) is 0.355. The van der Waals surface area contributed by atoms with Crippen molar-refractivity contribution < 1.29 is 22.7 Å². The summed E-state index contributed by atoms with van der Waals surface area (Å²) in [7, 11) is -2.18. The molecular weight excluding hydrogens is 562 g/mol. The summed E-state index contributed by atoms with van der Waals surface area (Å²) in [5.74, 6) is -0.0384. The van der Waals surface area contributed by atoms with Crippen molar-refractivity contribution in [2.24, 2.45) is 0 Å². The number of anilines is 1. The number of sulfonamides is 1. The zero-order valence-electron chi connectivity index (χ0n) is 24.0. The summed E-state index contributed by atoms with van der Waals surface area (Å²) in [6.45, 7) is 4.57. The van der Waals surface area contributed by atoms with Gasteiger partial charge in [0.05, 0.1) is 24.1 Å². The molecule has 0 radical (unpaired) electrons. The number of benzene rings is 3. The molecule has 3 aromatic rings. The minimum absolute atomic E-state index is 0.0480. The fourth-order valence-electron chi connectivity index (χ4n) is 4.67. The number of carbonyl (C=O) groups excluding carboxylic acids is 2. The molecule has 1 N–H and O–H groups in total. The number of ether oxygens (including phenoxy) is 1. The summed E-state index contributed by atoms with van der Waals surface area (Å²) in [6, 6.07) is 21.4. The molecule has 10 heteroatoms. The van der Waals surface area contributed by atoms with Crippen molar-refractivity contribution in [1.29, 1.82) is 0 Å². The van der Waals surface area contributed by atoms with Crippen LogP contribution >= 0.6 is 11.6 Å². The Morgan fingerprint density at radius 3 is 2.32 bits per heavy atom. The van der Waals surface area contributed by atoms with Crippen molar-refractivity contribution in [2.45, 2.75) is 45.7 Å². The van der Waals surface area contributed by atoms with Gasteiger partial charge in [-0.15, -0.1) is 0 Å². The van der Waals surface area contributed by atoms with Crippen molar-refractivity contribution in [2.75, 3.05) is 30.8 Å². The first kappa shape index (κ1) is 32.0. The van der Waals surface area contributed by atoms with Crippen LogP contribution in [0.5, 0.6) is 5.75 Å². The molecule has 0 aliphatic heterocycles. The first-order chi connectivity index (χ1) is 19.5. The van der Waals surface area contributed by atoms with Crippen LogP contribution in [0, 0.1) is 6.92 Å². The monoisotopic (exact) mass is 599 g/mol. The highest BCUT2D eigenvalue weighted by molar-refractivity contribution is 7.92. The largest absolute Gasteiger partial charge is 0.495 e. The highest BCUT2D eigenvalue weighted by Gasteiger charge is 2.30. The Morgan fingerprint density at radius 1 is 1.00 bits per heavy atom. The lowest BCUT2D eigenvalue weighted by atomic mass is 10.0. The van der Waals surface area contributed by atoms with Crippen LogP contribution in [0.1, 0.15) is 36.5 Å². The third-order valence-electron chi connectivity index (χ3n) is 6.63. The SMILES string of the molecule is CCNC(=O)C(Cc1ccccc1)N(Cc1cccc(C)c1)C(=O)CCCN(c1ccc(OC)c(Cl)c1)S(C)(=O)=O. The quantitative estimate of drug-likeness (QED) is 0.282. The van der Waals surface area contributed by atoms with Crippen molar-refractivity contribution in [3.63, 3.8) is 0 Å². The summed E-state index contributed by atoms with van der Waals surface area (Å²) in [5.41, 5.74) is 3.28. The van der Waals surface area contributed by atoms with Crippen LogP contribution in [-0.4, -0.2) is 57.6 Å². The van der Waals surface area contributed by atoms with Gasteiger partial charge in [0.25, 0.3) is 0 Å². The standard InChI is InChI=1S/C31H38ClN3O5S/c1-5-33-31(37)28(20-24-12-7-6-8-13-24)34(22-25-14-9-11-23(2)19-25)30(36)15-10-18-35(41(4,38)39)26-16-17-29(40-3)27(32)21-26/h6-9,11-14,16-17,19,21,28H,5,10,15,18,20,22H2,1-4H3,(H,33,37). The first-order valence-electron chi connectivity index (χ1n) is 13.5. The zero-order chi connectivity index (χ0) is 30.0. The normalized spacial score (nSPS) is 11.9. The van der Waals surface area contributed by atoms with Gasteiger partial charge in [-0.25, -0.2) is 8.42 Å². The number of hydrogen-bond donors (Lipinski definition) is 1. The Bertz CT molecular complexity index is 1430.